The molecule has 2 aromatic carbocycles. The molecule has 1 fully saturated rings. The first kappa shape index (κ1) is 20.9. The lowest BCUT2D eigenvalue weighted by atomic mass is 9.81. The van der Waals surface area contributed by atoms with Crippen LogP contribution in [0.5, 0.6) is 5.75 Å². The number of carbonyl (C=O) groups excluding carboxylic acids is 2. The quantitative estimate of drug-likeness (QED) is 0.778. The topological polar surface area (TPSA) is 58.6 Å². The Morgan fingerprint density at radius 3 is 2.17 bits per heavy atom. The molecule has 0 aromatic heterocycles. The Morgan fingerprint density at radius 1 is 0.931 bits per heavy atom. The average molecular weight is 395 g/mol. The van der Waals surface area contributed by atoms with E-state index in [1.165, 1.54) is 0 Å². The van der Waals surface area contributed by atoms with Gasteiger partial charge >= 0.3 is 0 Å². The van der Waals surface area contributed by atoms with E-state index in [-0.39, 0.29) is 23.7 Å². The van der Waals surface area contributed by atoms with Crippen molar-refractivity contribution in [1.82, 2.24) is 10.2 Å². The predicted octanol–water partition coefficient (Wildman–Crippen LogP) is 3.78. The Labute approximate surface area is 173 Å². The van der Waals surface area contributed by atoms with Crippen LogP contribution in [0, 0.1) is 11.8 Å². The molecule has 0 heterocycles. The fourth-order valence-electron chi connectivity index (χ4n) is 3.93. The van der Waals surface area contributed by atoms with Crippen molar-refractivity contribution in [3.63, 3.8) is 0 Å². The Kier molecular flexibility index (Phi) is 7.28. The summed E-state index contributed by atoms with van der Waals surface area (Å²) in [7, 11) is 3.50. The molecule has 2 amide bonds. The van der Waals surface area contributed by atoms with E-state index in [1.807, 2.05) is 66.5 Å². The monoisotopic (exact) mass is 394 g/mol. The van der Waals surface area contributed by atoms with E-state index in [0.717, 1.165) is 42.6 Å². The highest BCUT2D eigenvalue weighted by Gasteiger charge is 2.31. The third kappa shape index (κ3) is 5.83. The van der Waals surface area contributed by atoms with Crippen LogP contribution >= 0.6 is 0 Å². The van der Waals surface area contributed by atoms with E-state index >= 15 is 0 Å². The number of hydrogen-bond acceptors (Lipinski definition) is 3. The fraction of sp³-hybridized carbons (Fsp3) is 0.417. The minimum atomic E-state index is -0.00303. The number of nitrogens with zero attached hydrogens (tertiary/aromatic N) is 1. The van der Waals surface area contributed by atoms with Crippen LogP contribution in [0.1, 0.15) is 36.8 Å². The van der Waals surface area contributed by atoms with Crippen molar-refractivity contribution in [2.24, 2.45) is 11.8 Å². The second-order valence-corrected chi connectivity index (χ2v) is 7.79. The summed E-state index contributed by atoms with van der Waals surface area (Å²) >= 11 is 0. The van der Waals surface area contributed by atoms with Crippen molar-refractivity contribution in [2.45, 2.75) is 38.8 Å². The second kappa shape index (κ2) is 10.1. The highest BCUT2D eigenvalue weighted by molar-refractivity contribution is 5.81. The van der Waals surface area contributed by atoms with E-state index in [2.05, 4.69) is 5.32 Å². The smallest absolute Gasteiger partial charge is 0.225 e. The molecule has 1 saturated carbocycles. The lowest BCUT2D eigenvalue weighted by molar-refractivity contribution is -0.137. The minimum absolute atomic E-state index is 0.00303. The number of nitrogens with one attached hydrogen (secondary N) is 1. The zero-order valence-electron chi connectivity index (χ0n) is 17.3. The molecule has 154 valence electrons. The summed E-state index contributed by atoms with van der Waals surface area (Å²) < 4.78 is 5.15. The van der Waals surface area contributed by atoms with Crippen molar-refractivity contribution >= 4 is 11.8 Å². The van der Waals surface area contributed by atoms with Crippen LogP contribution in [0.2, 0.25) is 0 Å². The molecule has 0 spiro atoms. The summed E-state index contributed by atoms with van der Waals surface area (Å²) in [5.74, 6) is 1.10. The van der Waals surface area contributed by atoms with E-state index in [1.54, 1.807) is 7.11 Å². The maximum absolute atomic E-state index is 12.8. The zero-order chi connectivity index (χ0) is 20.6. The van der Waals surface area contributed by atoms with Gasteiger partial charge in [-0.3, -0.25) is 9.59 Å². The third-order valence-corrected chi connectivity index (χ3v) is 5.71. The van der Waals surface area contributed by atoms with Crippen LogP contribution in [0.15, 0.2) is 54.6 Å². The van der Waals surface area contributed by atoms with Crippen molar-refractivity contribution in [3.05, 3.63) is 65.7 Å². The number of hydrogen-bond donors (Lipinski definition) is 1. The lowest BCUT2D eigenvalue weighted by Gasteiger charge is -2.30. The molecule has 1 aliphatic carbocycles. The molecule has 5 heteroatoms. The van der Waals surface area contributed by atoms with Crippen LogP contribution in [0.3, 0.4) is 0 Å². The van der Waals surface area contributed by atoms with Crippen LogP contribution in [0.4, 0.5) is 0 Å². The van der Waals surface area contributed by atoms with Gasteiger partial charge in [-0.2, -0.15) is 0 Å². The molecule has 0 atom stereocenters. The predicted molar refractivity (Wildman–Crippen MR) is 113 cm³/mol. The standard InChI is InChI=1S/C24H30N2O3/c1-26(17-19-6-4-3-5-7-19)24(28)21-12-10-20(11-13-21)23(27)25-16-18-8-14-22(29-2)15-9-18/h3-9,14-15,20-21H,10-13,16-17H2,1-2H3,(H,25,27). The number of ether oxygens (including phenoxy) is 1. The van der Waals surface area contributed by atoms with E-state index in [9.17, 15) is 9.59 Å². The number of benzene rings is 2. The Balaban J connectivity index is 1.42. The molecule has 0 aliphatic heterocycles. The molecule has 0 radical (unpaired) electrons. The van der Waals surface area contributed by atoms with Crippen LogP contribution < -0.4 is 10.1 Å². The minimum Gasteiger partial charge on any atom is -0.497 e. The number of rotatable bonds is 7. The Bertz CT molecular complexity index is 797. The first-order valence-corrected chi connectivity index (χ1v) is 10.3. The largest absolute Gasteiger partial charge is 0.497 e. The van der Waals surface area contributed by atoms with E-state index in [0.29, 0.717) is 13.1 Å². The van der Waals surface area contributed by atoms with Gasteiger partial charge in [0, 0.05) is 32.0 Å². The van der Waals surface area contributed by atoms with Crippen molar-refractivity contribution < 1.29 is 14.3 Å². The first-order chi connectivity index (χ1) is 14.1. The van der Waals surface area contributed by atoms with E-state index < -0.39 is 0 Å². The first-order valence-electron chi connectivity index (χ1n) is 10.3. The maximum atomic E-state index is 12.8. The summed E-state index contributed by atoms with van der Waals surface area (Å²) in [6, 6.07) is 17.7. The molecule has 1 aliphatic rings. The Hall–Kier alpha value is -2.82. The Morgan fingerprint density at radius 2 is 1.55 bits per heavy atom. The van der Waals surface area contributed by atoms with Crippen LogP contribution in [-0.2, 0) is 22.7 Å². The number of methoxy groups -OCH3 is 1. The molecular weight excluding hydrogens is 364 g/mol. The van der Waals surface area contributed by atoms with Gasteiger partial charge in [-0.25, -0.2) is 0 Å². The summed E-state index contributed by atoms with van der Waals surface area (Å²) in [4.78, 5) is 27.1. The molecule has 3 rings (SSSR count). The second-order valence-electron chi connectivity index (χ2n) is 7.79. The summed E-state index contributed by atoms with van der Waals surface area (Å²) in [5.41, 5.74) is 2.18. The molecule has 2 aromatic rings. The molecule has 0 unspecified atom stereocenters. The third-order valence-electron chi connectivity index (χ3n) is 5.71. The van der Waals surface area contributed by atoms with Gasteiger partial charge < -0.3 is 15.0 Å². The van der Waals surface area contributed by atoms with E-state index in [4.69, 9.17) is 4.74 Å². The normalized spacial score (nSPS) is 18.7. The SMILES string of the molecule is COc1ccc(CNC(=O)C2CCC(C(=O)N(C)Cc3ccccc3)CC2)cc1. The fourth-order valence-corrected chi connectivity index (χ4v) is 3.93. The van der Waals surface area contributed by atoms with Gasteiger partial charge in [0.25, 0.3) is 0 Å². The van der Waals surface area contributed by atoms with Gasteiger partial charge in [-0.1, -0.05) is 42.5 Å². The lowest BCUT2D eigenvalue weighted by Crippen LogP contribution is -2.38. The van der Waals surface area contributed by atoms with Crippen LogP contribution in [0.25, 0.3) is 0 Å². The van der Waals surface area contributed by atoms with Gasteiger partial charge in [-0.15, -0.1) is 0 Å². The molecule has 0 saturated heterocycles. The molecule has 5 nitrogen and oxygen atoms in total. The summed E-state index contributed by atoms with van der Waals surface area (Å²) in [6.07, 6.45) is 3.09. The molecule has 0 bridgehead atoms. The maximum Gasteiger partial charge on any atom is 0.225 e. The van der Waals surface area contributed by atoms with Crippen molar-refractivity contribution in [1.29, 1.82) is 0 Å². The summed E-state index contributed by atoms with van der Waals surface area (Å²) in [5, 5.41) is 3.03. The van der Waals surface area contributed by atoms with Gasteiger partial charge in [-0.05, 0) is 48.9 Å². The van der Waals surface area contributed by atoms with Crippen molar-refractivity contribution in [3.8, 4) is 5.75 Å². The van der Waals surface area contributed by atoms with Gasteiger partial charge in [0.2, 0.25) is 11.8 Å². The number of amides is 2. The molecular formula is C24H30N2O3. The van der Waals surface area contributed by atoms with Crippen LogP contribution in [-0.4, -0.2) is 30.9 Å². The highest BCUT2D eigenvalue weighted by Crippen LogP contribution is 2.30. The molecule has 1 N–H and O–H groups in total. The summed E-state index contributed by atoms with van der Waals surface area (Å²) in [6.45, 7) is 1.14. The van der Waals surface area contributed by atoms with Crippen molar-refractivity contribution in [2.75, 3.05) is 14.2 Å². The highest BCUT2D eigenvalue weighted by atomic mass is 16.5. The zero-order valence-corrected chi connectivity index (χ0v) is 17.3. The number of carbonyl (C=O) groups is 2. The average Bonchev–Trinajstić information content (AvgIpc) is 2.78. The molecule has 29 heavy (non-hydrogen) atoms. The van der Waals surface area contributed by atoms with Gasteiger partial charge in [0.1, 0.15) is 5.75 Å². The van der Waals surface area contributed by atoms with Gasteiger partial charge in [0.05, 0.1) is 7.11 Å². The van der Waals surface area contributed by atoms with Gasteiger partial charge in [0.15, 0.2) is 0 Å².